The van der Waals surface area contributed by atoms with Crippen LogP contribution in [0.25, 0.3) is 0 Å². The number of ether oxygens (including phenoxy) is 4. The van der Waals surface area contributed by atoms with Crippen molar-refractivity contribution in [3.8, 4) is 34.5 Å². The van der Waals surface area contributed by atoms with Crippen molar-refractivity contribution in [2.24, 2.45) is 9.98 Å². The van der Waals surface area contributed by atoms with Gasteiger partial charge < -0.3 is 29.2 Å². The fraction of sp³-hybridized carbons (Fsp3) is 0.370. The number of halogens is 2. The molecule has 12 heteroatoms. The van der Waals surface area contributed by atoms with Crippen molar-refractivity contribution in [2.75, 3.05) is 13.2 Å². The minimum Gasteiger partial charge on any atom is -0.507 e. The molecule has 350 valence electrons. The number of aliphatic imine (C=N–C) groups is 2. The number of phenols is 2. The Hall–Kier alpha value is -5.84. The minimum absolute atomic E-state index is 0.0352. The summed E-state index contributed by atoms with van der Waals surface area (Å²) in [6.07, 6.45) is 22.6. The number of carbonyl (C=O) groups excluding carboxylic acids is 2. The minimum atomic E-state index is -0.713. The van der Waals surface area contributed by atoms with Gasteiger partial charge in [0.15, 0.2) is 11.5 Å². The number of esters is 2. The molecule has 5 aromatic rings. The largest absolute Gasteiger partial charge is 0.507 e. The molecular weight excluding hydrogens is 876 g/mol. The molecule has 5 aromatic carbocycles. The summed E-state index contributed by atoms with van der Waals surface area (Å²) >= 11 is 12.7. The highest BCUT2D eigenvalue weighted by Crippen LogP contribution is 2.37. The fourth-order valence-electron chi connectivity index (χ4n) is 6.94. The molecule has 0 spiro atoms. The molecule has 0 saturated heterocycles. The Morgan fingerprint density at radius 3 is 1.21 bits per heavy atom. The molecule has 0 fully saturated rings. The van der Waals surface area contributed by atoms with Crippen LogP contribution in [0.3, 0.4) is 0 Å². The smallest absolute Gasteiger partial charge is 0.343 e. The summed E-state index contributed by atoms with van der Waals surface area (Å²) < 4.78 is 22.8. The lowest BCUT2D eigenvalue weighted by atomic mass is 10.1. The lowest BCUT2D eigenvalue weighted by molar-refractivity contribution is 0.0733. The van der Waals surface area contributed by atoms with Crippen molar-refractivity contribution in [3.05, 3.63) is 129 Å². The molecule has 5 rings (SSSR count). The van der Waals surface area contributed by atoms with Crippen molar-refractivity contribution < 1.29 is 38.7 Å². The molecule has 66 heavy (non-hydrogen) atoms. The van der Waals surface area contributed by atoms with Gasteiger partial charge in [-0.15, -0.1) is 0 Å². The van der Waals surface area contributed by atoms with E-state index >= 15 is 0 Å². The summed E-state index contributed by atoms with van der Waals surface area (Å²) in [5, 5.41) is 21.2. The zero-order chi connectivity index (χ0) is 46.9. The summed E-state index contributed by atoms with van der Waals surface area (Å²) in [4.78, 5) is 35.1. The molecule has 10 nitrogen and oxygen atoms in total. The van der Waals surface area contributed by atoms with E-state index < -0.39 is 11.9 Å². The number of aromatic hydroxyl groups is 2. The van der Waals surface area contributed by atoms with Gasteiger partial charge in [-0.1, -0.05) is 127 Å². The van der Waals surface area contributed by atoms with Gasteiger partial charge in [0.2, 0.25) is 0 Å². The molecule has 0 aromatic heterocycles. The van der Waals surface area contributed by atoms with Crippen LogP contribution in [-0.2, 0) is 0 Å². The maximum atomic E-state index is 13.1. The second kappa shape index (κ2) is 28.3. The zero-order valence-corrected chi connectivity index (χ0v) is 39.6. The quantitative estimate of drug-likeness (QED) is 0.0219. The zero-order valence-electron chi connectivity index (χ0n) is 38.1. The molecule has 0 amide bonds. The van der Waals surface area contributed by atoms with Gasteiger partial charge in [0.05, 0.1) is 45.8 Å². The molecule has 0 heterocycles. The van der Waals surface area contributed by atoms with Gasteiger partial charge in [0.1, 0.15) is 23.0 Å². The number of hydrogen-bond donors (Lipinski definition) is 2. The van der Waals surface area contributed by atoms with E-state index in [0.29, 0.717) is 47.2 Å². The third-order valence-corrected chi connectivity index (χ3v) is 11.4. The maximum absolute atomic E-state index is 13.1. The number of hydrogen-bond acceptors (Lipinski definition) is 10. The summed E-state index contributed by atoms with van der Waals surface area (Å²) in [5.74, 6) is -0.252. The number of nitrogens with zero attached hydrogens (tertiary/aromatic N) is 2. The van der Waals surface area contributed by atoms with Gasteiger partial charge in [-0.3, -0.25) is 9.98 Å². The van der Waals surface area contributed by atoms with Crippen molar-refractivity contribution in [1.82, 2.24) is 0 Å². The Kier molecular flexibility index (Phi) is 21.9. The van der Waals surface area contributed by atoms with Gasteiger partial charge in [0.25, 0.3) is 0 Å². The Morgan fingerprint density at radius 2 is 0.848 bits per heavy atom. The van der Waals surface area contributed by atoms with Gasteiger partial charge in [-0.05, 0) is 91.7 Å². The van der Waals surface area contributed by atoms with Crippen LogP contribution in [0.5, 0.6) is 34.5 Å². The highest BCUT2D eigenvalue weighted by molar-refractivity contribution is 6.36. The number of rotatable bonds is 28. The lowest BCUT2D eigenvalue weighted by Gasteiger charge is -2.11. The van der Waals surface area contributed by atoms with Gasteiger partial charge in [0, 0.05) is 41.8 Å². The topological polar surface area (TPSA) is 136 Å². The summed E-state index contributed by atoms with van der Waals surface area (Å²) in [6.45, 7) is 5.65. The molecule has 0 saturated carbocycles. The van der Waals surface area contributed by atoms with E-state index in [2.05, 4.69) is 23.8 Å². The first kappa shape index (κ1) is 51.1. The average molecular weight is 938 g/mol. The molecule has 0 aliphatic carbocycles. The van der Waals surface area contributed by atoms with Crippen molar-refractivity contribution in [2.45, 2.75) is 117 Å². The first-order valence-electron chi connectivity index (χ1n) is 23.3. The molecule has 0 radical (unpaired) electrons. The lowest BCUT2D eigenvalue weighted by Crippen LogP contribution is -2.11. The number of carbonyl (C=O) groups is 2. The molecule has 0 unspecified atom stereocenters. The van der Waals surface area contributed by atoms with E-state index in [1.54, 1.807) is 84.9 Å². The van der Waals surface area contributed by atoms with Crippen molar-refractivity contribution in [1.29, 1.82) is 0 Å². The Morgan fingerprint density at radius 1 is 0.485 bits per heavy atom. The molecule has 2 N–H and O–H groups in total. The molecule has 0 aliphatic rings. The number of benzene rings is 5. The second-order valence-corrected chi connectivity index (χ2v) is 17.0. The standard InChI is InChI=1S/C54H62Cl2N2O8/c1-3-5-7-9-11-13-15-17-31-63-45-29-23-41(49(59)33-45)37-57-43-25-19-39(20-26-43)53(61)65-51-36-52(48(56)35-47(51)55)66-54(62)40-21-27-44(28-22-40)58-38-42-24-30-46(34-50(42)60)64-32-18-16-14-12-10-8-6-4-2/h19-30,33-38,59-60H,3-18,31-32H2,1-2H3. The number of phenolic OH excluding ortho intramolecular Hbond substituents is 2. The Labute approximate surface area is 399 Å². The van der Waals surface area contributed by atoms with Crippen LogP contribution in [0.1, 0.15) is 148 Å². The maximum Gasteiger partial charge on any atom is 0.343 e. The highest BCUT2D eigenvalue weighted by atomic mass is 35.5. The van der Waals surface area contributed by atoms with E-state index in [-0.39, 0.29) is 44.2 Å². The summed E-state index contributed by atoms with van der Waals surface area (Å²) in [7, 11) is 0. The van der Waals surface area contributed by atoms with Gasteiger partial charge in [-0.25, -0.2) is 9.59 Å². The summed E-state index contributed by atoms with van der Waals surface area (Å²) in [5.41, 5.74) is 2.54. The van der Waals surface area contributed by atoms with E-state index in [0.717, 1.165) is 25.7 Å². The first-order valence-corrected chi connectivity index (χ1v) is 24.0. The highest BCUT2D eigenvalue weighted by Gasteiger charge is 2.18. The summed E-state index contributed by atoms with van der Waals surface area (Å²) in [6, 6.07) is 25.6. The molecule has 0 atom stereocenters. The van der Waals surface area contributed by atoms with Crippen LogP contribution >= 0.6 is 23.2 Å². The molecule has 0 bridgehead atoms. The molecule has 0 aliphatic heterocycles. The Balaban J connectivity index is 1.07. The van der Waals surface area contributed by atoms with Crippen LogP contribution in [0.4, 0.5) is 11.4 Å². The normalized spacial score (nSPS) is 11.3. The van der Waals surface area contributed by atoms with Crippen LogP contribution in [0, 0.1) is 0 Å². The van der Waals surface area contributed by atoms with Crippen molar-refractivity contribution >= 4 is 58.9 Å². The van der Waals surface area contributed by atoms with E-state index in [4.69, 9.17) is 42.1 Å². The van der Waals surface area contributed by atoms with Crippen LogP contribution < -0.4 is 18.9 Å². The average Bonchev–Trinajstić information content (AvgIpc) is 3.31. The monoisotopic (exact) mass is 936 g/mol. The van der Waals surface area contributed by atoms with Gasteiger partial charge in [-0.2, -0.15) is 0 Å². The predicted octanol–water partition coefficient (Wildman–Crippen LogP) is 15.4. The van der Waals surface area contributed by atoms with E-state index in [1.807, 2.05) is 0 Å². The third kappa shape index (κ3) is 17.5. The van der Waals surface area contributed by atoms with Crippen LogP contribution in [-0.4, -0.2) is 47.8 Å². The first-order chi connectivity index (χ1) is 32.1. The fourth-order valence-corrected chi connectivity index (χ4v) is 7.40. The van der Waals surface area contributed by atoms with E-state index in [1.165, 1.54) is 102 Å². The van der Waals surface area contributed by atoms with E-state index in [9.17, 15) is 19.8 Å². The SMILES string of the molecule is CCCCCCCCCCOc1ccc(C=Nc2ccc(C(=O)Oc3cc(OC(=O)c4ccc(N=Cc5ccc(OCCCCCCCCCC)cc5O)cc4)c(Cl)cc3Cl)cc2)c(O)c1. The second-order valence-electron chi connectivity index (χ2n) is 16.2. The van der Waals surface area contributed by atoms with Crippen LogP contribution in [0.2, 0.25) is 10.0 Å². The third-order valence-electron chi connectivity index (χ3n) is 10.8. The van der Waals surface area contributed by atoms with Gasteiger partial charge >= 0.3 is 11.9 Å². The Bertz CT molecular complexity index is 2190. The molecular formula is C54H62Cl2N2O8. The predicted molar refractivity (Wildman–Crippen MR) is 266 cm³/mol. The van der Waals surface area contributed by atoms with Crippen LogP contribution in [0.15, 0.2) is 107 Å². The number of unbranched alkanes of at least 4 members (excludes halogenated alkanes) is 14. The van der Waals surface area contributed by atoms with Crippen molar-refractivity contribution in [3.63, 3.8) is 0 Å².